The number of benzene rings is 2. The van der Waals surface area contributed by atoms with Crippen molar-refractivity contribution in [3.8, 4) is 11.5 Å². The van der Waals surface area contributed by atoms with Crippen molar-refractivity contribution in [2.24, 2.45) is 0 Å². The van der Waals surface area contributed by atoms with E-state index in [-0.39, 0.29) is 36.6 Å². The first-order chi connectivity index (χ1) is 15.8. The second-order valence-electron chi connectivity index (χ2n) is 11.0. The van der Waals surface area contributed by atoms with E-state index in [2.05, 4.69) is 55.4 Å². The van der Waals surface area contributed by atoms with Crippen LogP contribution in [0.15, 0.2) is 48.5 Å². The maximum absolute atomic E-state index is 6.10. The van der Waals surface area contributed by atoms with Gasteiger partial charge in [0, 0.05) is 0 Å². The number of hydrogen-bond acceptors (Lipinski definition) is 6. The summed E-state index contributed by atoms with van der Waals surface area (Å²) in [5, 5.41) is 0. The van der Waals surface area contributed by atoms with Gasteiger partial charge in [-0.1, -0.05) is 24.3 Å². The Hall–Kier alpha value is -1.99. The molecule has 34 heavy (non-hydrogen) atoms. The average Bonchev–Trinajstić information content (AvgIpc) is 3.11. The first-order valence-corrected chi connectivity index (χ1v) is 12.0. The van der Waals surface area contributed by atoms with Crippen LogP contribution in [0.5, 0.6) is 11.5 Å². The zero-order chi connectivity index (χ0) is 24.8. The summed E-state index contributed by atoms with van der Waals surface area (Å²) in [5.74, 6) is 1.56. The van der Waals surface area contributed by atoms with E-state index in [9.17, 15) is 0 Å². The summed E-state index contributed by atoms with van der Waals surface area (Å²) in [4.78, 5) is 0. The van der Waals surface area contributed by atoms with E-state index < -0.39 is 0 Å². The molecule has 0 amide bonds. The Morgan fingerprint density at radius 2 is 0.765 bits per heavy atom. The first-order valence-electron chi connectivity index (χ1n) is 12.0. The monoisotopic (exact) mass is 466 g/mol. The van der Waals surface area contributed by atoms with Crippen LogP contribution < -0.4 is 20.4 Å². The molecule has 0 spiro atoms. The number of ether oxygens (including phenoxy) is 2. The summed E-state index contributed by atoms with van der Waals surface area (Å²) in [5.41, 5.74) is 0.535. The van der Waals surface area contributed by atoms with Gasteiger partial charge < -0.3 is 28.1 Å². The molecule has 2 aliphatic heterocycles. The standard InChI is InChI=1S/C26H36B2O6/c1-23(2)24(3,4)32-27(31-23)19-9-13-21(14-10-19)29-17-18-30-22-15-11-20(12-16-22)28-33-25(5,6)26(7,8)34-28/h9-16H,17-18H2,1-8H3. The molecule has 8 heteroatoms. The van der Waals surface area contributed by atoms with Gasteiger partial charge in [-0.25, -0.2) is 0 Å². The molecular formula is C26H36B2O6. The van der Waals surface area contributed by atoms with Crippen molar-refractivity contribution in [3.05, 3.63) is 48.5 Å². The second-order valence-corrected chi connectivity index (χ2v) is 11.0. The van der Waals surface area contributed by atoms with Crippen molar-refractivity contribution >= 4 is 25.2 Å². The lowest BCUT2D eigenvalue weighted by Gasteiger charge is -2.32. The molecule has 0 atom stereocenters. The first kappa shape index (κ1) is 25.1. The van der Waals surface area contributed by atoms with Gasteiger partial charge in [-0.05, 0) is 90.6 Å². The van der Waals surface area contributed by atoms with E-state index in [1.54, 1.807) is 0 Å². The van der Waals surface area contributed by atoms with Gasteiger partial charge >= 0.3 is 14.2 Å². The largest absolute Gasteiger partial charge is 0.494 e. The van der Waals surface area contributed by atoms with Crippen LogP contribution in [-0.2, 0) is 18.6 Å². The fourth-order valence-corrected chi connectivity index (χ4v) is 3.72. The van der Waals surface area contributed by atoms with Crippen LogP contribution in [-0.4, -0.2) is 49.9 Å². The lowest BCUT2D eigenvalue weighted by Crippen LogP contribution is -2.41. The molecule has 2 aliphatic rings. The van der Waals surface area contributed by atoms with Crippen molar-refractivity contribution in [2.45, 2.75) is 77.8 Å². The Bertz CT molecular complexity index is 872. The lowest BCUT2D eigenvalue weighted by atomic mass is 9.79. The van der Waals surface area contributed by atoms with Gasteiger partial charge in [-0.2, -0.15) is 0 Å². The van der Waals surface area contributed by atoms with Gasteiger partial charge in [0.25, 0.3) is 0 Å². The van der Waals surface area contributed by atoms with Crippen molar-refractivity contribution in [1.82, 2.24) is 0 Å². The molecule has 0 aliphatic carbocycles. The lowest BCUT2D eigenvalue weighted by molar-refractivity contribution is 0.00578. The SMILES string of the molecule is CC1(C)OB(c2ccc(OCCOc3ccc(B4OC(C)(C)C(C)(C)O4)cc3)cc2)OC1(C)C. The van der Waals surface area contributed by atoms with Crippen molar-refractivity contribution in [1.29, 1.82) is 0 Å². The highest BCUT2D eigenvalue weighted by atomic mass is 16.7. The van der Waals surface area contributed by atoms with Crippen molar-refractivity contribution in [2.75, 3.05) is 13.2 Å². The molecule has 2 fully saturated rings. The van der Waals surface area contributed by atoms with Crippen molar-refractivity contribution in [3.63, 3.8) is 0 Å². The molecule has 0 aromatic heterocycles. The molecule has 0 radical (unpaired) electrons. The Kier molecular flexibility index (Phi) is 6.58. The van der Waals surface area contributed by atoms with Crippen LogP contribution in [0.4, 0.5) is 0 Å². The van der Waals surface area contributed by atoms with E-state index in [1.165, 1.54) is 0 Å². The number of hydrogen-bond donors (Lipinski definition) is 0. The van der Waals surface area contributed by atoms with Crippen LogP contribution in [0, 0.1) is 0 Å². The van der Waals surface area contributed by atoms with Crippen molar-refractivity contribution < 1.29 is 28.1 Å². The van der Waals surface area contributed by atoms with E-state index >= 15 is 0 Å². The topological polar surface area (TPSA) is 55.4 Å². The van der Waals surface area contributed by atoms with Crippen LogP contribution >= 0.6 is 0 Å². The summed E-state index contributed by atoms with van der Waals surface area (Å²) < 4.78 is 36.1. The average molecular weight is 466 g/mol. The molecular weight excluding hydrogens is 430 g/mol. The third-order valence-electron chi connectivity index (χ3n) is 7.43. The normalized spacial score (nSPS) is 22.1. The van der Waals surface area contributed by atoms with Crippen LogP contribution in [0.25, 0.3) is 0 Å². The fraction of sp³-hybridized carbons (Fsp3) is 0.538. The minimum absolute atomic E-state index is 0.354. The molecule has 6 nitrogen and oxygen atoms in total. The summed E-state index contributed by atoms with van der Waals surface area (Å²) in [7, 11) is -0.745. The van der Waals surface area contributed by atoms with E-state index in [0.29, 0.717) is 13.2 Å². The third-order valence-corrected chi connectivity index (χ3v) is 7.43. The Morgan fingerprint density at radius 3 is 1.03 bits per heavy atom. The van der Waals surface area contributed by atoms with Gasteiger partial charge in [0.15, 0.2) is 0 Å². The Balaban J connectivity index is 1.23. The predicted molar refractivity (Wildman–Crippen MR) is 135 cm³/mol. The number of rotatable bonds is 7. The Labute approximate surface area is 204 Å². The molecule has 2 aromatic carbocycles. The quantitative estimate of drug-likeness (QED) is 0.458. The highest BCUT2D eigenvalue weighted by molar-refractivity contribution is 6.62. The zero-order valence-corrected chi connectivity index (χ0v) is 21.6. The molecule has 0 N–H and O–H groups in total. The molecule has 4 rings (SSSR count). The molecule has 0 bridgehead atoms. The molecule has 2 aromatic rings. The summed E-state index contributed by atoms with van der Waals surface area (Å²) in [6.07, 6.45) is 0. The van der Waals surface area contributed by atoms with Gasteiger partial charge in [0.05, 0.1) is 22.4 Å². The fourth-order valence-electron chi connectivity index (χ4n) is 3.72. The van der Waals surface area contributed by atoms with Gasteiger partial charge in [-0.15, -0.1) is 0 Å². The maximum atomic E-state index is 6.10. The van der Waals surface area contributed by atoms with Gasteiger partial charge in [-0.3, -0.25) is 0 Å². The maximum Gasteiger partial charge on any atom is 0.494 e. The predicted octanol–water partition coefficient (Wildman–Crippen LogP) is 3.74. The smallest absolute Gasteiger partial charge is 0.490 e. The van der Waals surface area contributed by atoms with E-state index in [1.807, 2.05) is 48.5 Å². The van der Waals surface area contributed by atoms with Gasteiger partial charge in [0.1, 0.15) is 24.7 Å². The Morgan fingerprint density at radius 1 is 0.500 bits per heavy atom. The molecule has 2 heterocycles. The highest BCUT2D eigenvalue weighted by Gasteiger charge is 2.52. The summed E-state index contributed by atoms with van der Waals surface area (Å²) in [6.45, 7) is 17.3. The third kappa shape index (κ3) is 5.01. The van der Waals surface area contributed by atoms with Gasteiger partial charge in [0.2, 0.25) is 0 Å². The van der Waals surface area contributed by atoms with Crippen LogP contribution in [0.3, 0.4) is 0 Å². The second kappa shape index (κ2) is 8.90. The molecule has 0 saturated carbocycles. The van der Waals surface area contributed by atoms with E-state index in [0.717, 1.165) is 22.4 Å². The molecule has 182 valence electrons. The summed E-state index contributed by atoms with van der Waals surface area (Å²) >= 11 is 0. The van der Waals surface area contributed by atoms with Crippen LogP contribution in [0.1, 0.15) is 55.4 Å². The zero-order valence-electron chi connectivity index (χ0n) is 21.6. The molecule has 0 unspecified atom stereocenters. The summed E-state index contributed by atoms with van der Waals surface area (Å²) in [6, 6.07) is 15.6. The van der Waals surface area contributed by atoms with E-state index in [4.69, 9.17) is 28.1 Å². The minimum atomic E-state index is -0.373. The van der Waals surface area contributed by atoms with Crippen LogP contribution in [0.2, 0.25) is 0 Å². The highest BCUT2D eigenvalue weighted by Crippen LogP contribution is 2.37. The molecule has 2 saturated heterocycles. The minimum Gasteiger partial charge on any atom is -0.490 e.